The number of carbonyl (C=O) groups excluding carboxylic acids is 1. The van der Waals surface area contributed by atoms with Gasteiger partial charge in [0.25, 0.3) is 0 Å². The molecule has 0 spiro atoms. The lowest BCUT2D eigenvalue weighted by molar-refractivity contribution is -0.122. The van der Waals surface area contributed by atoms with E-state index < -0.39 is 10.0 Å². The zero-order valence-electron chi connectivity index (χ0n) is 11.3. The summed E-state index contributed by atoms with van der Waals surface area (Å²) in [7, 11) is -3.90. The van der Waals surface area contributed by atoms with Crippen LogP contribution in [0.25, 0.3) is 0 Å². The Morgan fingerprint density at radius 3 is 2.65 bits per heavy atom. The number of hydrogen-bond donors (Lipinski definition) is 2. The van der Waals surface area contributed by atoms with Gasteiger partial charge >= 0.3 is 0 Å². The first-order valence-electron chi connectivity index (χ1n) is 6.52. The molecule has 1 aromatic carbocycles. The molecule has 0 aliphatic heterocycles. The number of nitrogens with two attached hydrogens (primary N) is 1. The van der Waals surface area contributed by atoms with Crippen LogP contribution in [0.4, 0.5) is 5.69 Å². The fourth-order valence-electron chi connectivity index (χ4n) is 2.00. The van der Waals surface area contributed by atoms with Gasteiger partial charge in [-0.25, -0.2) is 13.6 Å². The van der Waals surface area contributed by atoms with E-state index in [0.717, 1.165) is 19.3 Å². The molecule has 0 unspecified atom stereocenters. The first kappa shape index (κ1) is 14.8. The van der Waals surface area contributed by atoms with E-state index in [1.807, 2.05) is 0 Å². The Bertz CT molecular complexity index is 609. The van der Waals surface area contributed by atoms with E-state index in [-0.39, 0.29) is 22.5 Å². The molecule has 1 saturated carbocycles. The quantitative estimate of drug-likeness (QED) is 0.860. The molecular formula is C13H18N2O4S. The fourth-order valence-corrected chi connectivity index (χ4v) is 2.70. The zero-order valence-corrected chi connectivity index (χ0v) is 12.1. The predicted molar refractivity (Wildman–Crippen MR) is 75.0 cm³/mol. The van der Waals surface area contributed by atoms with E-state index in [0.29, 0.717) is 12.3 Å². The standard InChI is InChI=1S/C13H18N2O4S/c1-2-19-11-7-6-10(8-12(11)20(14,17)18)15-13(16)9-4-3-5-9/h6-9H,2-5H2,1H3,(H,15,16)(H2,14,17,18). The van der Waals surface area contributed by atoms with Gasteiger partial charge in [0.1, 0.15) is 10.6 Å². The lowest BCUT2D eigenvalue weighted by atomic mass is 9.85. The molecular weight excluding hydrogens is 280 g/mol. The molecule has 1 aromatic rings. The number of nitrogens with one attached hydrogen (secondary N) is 1. The molecule has 7 heteroatoms. The lowest BCUT2D eigenvalue weighted by Crippen LogP contribution is -2.28. The van der Waals surface area contributed by atoms with Gasteiger partial charge < -0.3 is 10.1 Å². The van der Waals surface area contributed by atoms with Gasteiger partial charge in [0.15, 0.2) is 0 Å². The fraction of sp³-hybridized carbons (Fsp3) is 0.462. The minimum Gasteiger partial charge on any atom is -0.492 e. The molecule has 0 saturated heterocycles. The van der Waals surface area contributed by atoms with Crippen LogP contribution in [0.1, 0.15) is 26.2 Å². The van der Waals surface area contributed by atoms with Gasteiger partial charge in [-0.1, -0.05) is 6.42 Å². The molecule has 20 heavy (non-hydrogen) atoms. The molecule has 1 aliphatic rings. The van der Waals surface area contributed by atoms with Gasteiger partial charge in [-0.05, 0) is 38.0 Å². The third kappa shape index (κ3) is 3.29. The number of sulfonamides is 1. The maximum absolute atomic E-state index is 11.8. The largest absolute Gasteiger partial charge is 0.492 e. The average Bonchev–Trinajstić information content (AvgIpc) is 2.27. The first-order valence-corrected chi connectivity index (χ1v) is 8.07. The van der Waals surface area contributed by atoms with Gasteiger partial charge in [0.05, 0.1) is 6.61 Å². The van der Waals surface area contributed by atoms with Crippen molar-refractivity contribution in [3.63, 3.8) is 0 Å². The lowest BCUT2D eigenvalue weighted by Gasteiger charge is -2.24. The second-order valence-corrected chi connectivity index (χ2v) is 6.29. The van der Waals surface area contributed by atoms with E-state index in [9.17, 15) is 13.2 Å². The Morgan fingerprint density at radius 1 is 1.45 bits per heavy atom. The second-order valence-electron chi connectivity index (χ2n) is 4.76. The van der Waals surface area contributed by atoms with E-state index >= 15 is 0 Å². The van der Waals surface area contributed by atoms with Crippen molar-refractivity contribution in [2.75, 3.05) is 11.9 Å². The zero-order chi connectivity index (χ0) is 14.8. The summed E-state index contributed by atoms with van der Waals surface area (Å²) in [5, 5.41) is 7.88. The van der Waals surface area contributed by atoms with Crippen LogP contribution in [0.3, 0.4) is 0 Å². The summed E-state index contributed by atoms with van der Waals surface area (Å²) in [6.45, 7) is 2.08. The number of anilines is 1. The van der Waals surface area contributed by atoms with Crippen molar-refractivity contribution in [2.45, 2.75) is 31.1 Å². The van der Waals surface area contributed by atoms with Crippen molar-refractivity contribution in [3.8, 4) is 5.75 Å². The summed E-state index contributed by atoms with van der Waals surface area (Å²) in [5.41, 5.74) is 0.411. The monoisotopic (exact) mass is 298 g/mol. The highest BCUT2D eigenvalue weighted by atomic mass is 32.2. The molecule has 6 nitrogen and oxygen atoms in total. The van der Waals surface area contributed by atoms with Crippen LogP contribution in [0, 0.1) is 5.92 Å². The minimum atomic E-state index is -3.90. The van der Waals surface area contributed by atoms with Crippen LogP contribution in [-0.4, -0.2) is 20.9 Å². The second kappa shape index (κ2) is 5.80. The number of hydrogen-bond acceptors (Lipinski definition) is 4. The molecule has 3 N–H and O–H groups in total. The molecule has 1 fully saturated rings. The number of carbonyl (C=O) groups is 1. The molecule has 1 aliphatic carbocycles. The number of primary sulfonamides is 1. The van der Waals surface area contributed by atoms with Gasteiger partial charge in [0.2, 0.25) is 15.9 Å². The third-order valence-electron chi connectivity index (χ3n) is 3.29. The van der Waals surface area contributed by atoms with Gasteiger partial charge in [-0.3, -0.25) is 4.79 Å². The van der Waals surface area contributed by atoms with Crippen molar-refractivity contribution >= 4 is 21.6 Å². The van der Waals surface area contributed by atoms with Crippen molar-refractivity contribution < 1.29 is 17.9 Å². The maximum Gasteiger partial charge on any atom is 0.241 e. The summed E-state index contributed by atoms with van der Waals surface area (Å²) in [4.78, 5) is 11.7. The molecule has 0 radical (unpaired) electrons. The summed E-state index contributed by atoms with van der Waals surface area (Å²) in [5.74, 6) is 0.136. The Hall–Kier alpha value is -1.60. The maximum atomic E-state index is 11.8. The van der Waals surface area contributed by atoms with Crippen molar-refractivity contribution in [1.29, 1.82) is 0 Å². The van der Waals surface area contributed by atoms with Crippen LogP contribution in [0.2, 0.25) is 0 Å². The van der Waals surface area contributed by atoms with Crippen molar-refractivity contribution in [1.82, 2.24) is 0 Å². The summed E-state index contributed by atoms with van der Waals surface area (Å²) in [6.07, 6.45) is 2.82. The number of benzene rings is 1. The molecule has 0 atom stereocenters. The summed E-state index contributed by atoms with van der Waals surface area (Å²) < 4.78 is 28.3. The first-order chi connectivity index (χ1) is 9.41. The molecule has 1 amide bonds. The van der Waals surface area contributed by atoms with Crippen LogP contribution in [0.15, 0.2) is 23.1 Å². The van der Waals surface area contributed by atoms with Gasteiger partial charge in [-0.15, -0.1) is 0 Å². The van der Waals surface area contributed by atoms with E-state index in [2.05, 4.69) is 5.32 Å². The minimum absolute atomic E-state index is 0.0273. The van der Waals surface area contributed by atoms with E-state index in [4.69, 9.17) is 9.88 Å². The van der Waals surface area contributed by atoms with Gasteiger partial charge in [0, 0.05) is 11.6 Å². The molecule has 110 valence electrons. The number of rotatable bonds is 5. The van der Waals surface area contributed by atoms with E-state index in [1.165, 1.54) is 12.1 Å². The van der Waals surface area contributed by atoms with Crippen molar-refractivity contribution in [2.24, 2.45) is 11.1 Å². The van der Waals surface area contributed by atoms with Crippen LogP contribution >= 0.6 is 0 Å². The van der Waals surface area contributed by atoms with Crippen LogP contribution < -0.4 is 15.2 Å². The Labute approximate surface area is 118 Å². The van der Waals surface area contributed by atoms with Crippen LogP contribution in [-0.2, 0) is 14.8 Å². The molecule has 0 heterocycles. The Kier molecular flexibility index (Phi) is 4.29. The highest BCUT2D eigenvalue weighted by Crippen LogP contribution is 2.30. The highest BCUT2D eigenvalue weighted by molar-refractivity contribution is 7.89. The molecule has 0 aromatic heterocycles. The smallest absolute Gasteiger partial charge is 0.241 e. The molecule has 2 rings (SSSR count). The highest BCUT2D eigenvalue weighted by Gasteiger charge is 2.25. The van der Waals surface area contributed by atoms with Crippen molar-refractivity contribution in [3.05, 3.63) is 18.2 Å². The van der Waals surface area contributed by atoms with E-state index in [1.54, 1.807) is 13.0 Å². The Morgan fingerprint density at radius 2 is 2.15 bits per heavy atom. The summed E-state index contributed by atoms with van der Waals surface area (Å²) >= 11 is 0. The number of amides is 1. The SMILES string of the molecule is CCOc1ccc(NC(=O)C2CCC2)cc1S(N)(=O)=O. The number of ether oxygens (including phenoxy) is 1. The van der Waals surface area contributed by atoms with Gasteiger partial charge in [-0.2, -0.15) is 0 Å². The third-order valence-corrected chi connectivity index (χ3v) is 4.23. The molecule has 0 bridgehead atoms. The Balaban J connectivity index is 2.24. The topological polar surface area (TPSA) is 98.5 Å². The predicted octanol–water partition coefficient (Wildman–Crippen LogP) is 1.47. The van der Waals surface area contributed by atoms with Crippen LogP contribution in [0.5, 0.6) is 5.75 Å². The average molecular weight is 298 g/mol. The normalized spacial score (nSPS) is 15.5. The summed E-state index contributed by atoms with van der Waals surface area (Å²) in [6, 6.07) is 4.44.